The van der Waals surface area contributed by atoms with E-state index in [1.54, 1.807) is 39.7 Å². The predicted molar refractivity (Wildman–Crippen MR) is 107 cm³/mol. The van der Waals surface area contributed by atoms with Crippen LogP contribution >= 0.6 is 0 Å². The molecule has 0 spiro atoms. The molecule has 142 valence electrons. The third-order valence-electron chi connectivity index (χ3n) is 4.27. The van der Waals surface area contributed by atoms with Gasteiger partial charge in [-0.15, -0.1) is 0 Å². The number of hydrazone groups is 1. The van der Waals surface area contributed by atoms with Gasteiger partial charge in [0.05, 0.1) is 27.5 Å². The van der Waals surface area contributed by atoms with Gasteiger partial charge in [-0.05, 0) is 18.2 Å². The molecule has 4 aromatic rings. The molecule has 28 heavy (non-hydrogen) atoms. The van der Waals surface area contributed by atoms with Crippen LogP contribution in [0, 0.1) is 0 Å². The van der Waals surface area contributed by atoms with Crippen molar-refractivity contribution >= 4 is 34.1 Å². The molecule has 8 heteroatoms. The van der Waals surface area contributed by atoms with Gasteiger partial charge < -0.3 is 18.6 Å². The Labute approximate surface area is 160 Å². The van der Waals surface area contributed by atoms with Gasteiger partial charge in [0.15, 0.2) is 22.9 Å². The number of furan rings is 1. The Morgan fingerprint density at radius 2 is 1.71 bits per heavy atom. The second-order valence-electron chi connectivity index (χ2n) is 5.82. The zero-order valence-electron chi connectivity index (χ0n) is 15.6. The van der Waals surface area contributed by atoms with Crippen molar-refractivity contribution in [3.63, 3.8) is 0 Å². The standard InChI is InChI=1S/C20H18N4O4/c1-25-15-9-17(27-3)16(26-2)8-12(15)10-23-24-20-19-18(21-11-22-20)13-6-4-5-7-14(13)28-19/h4-11H,1-3H3,(H,21,22,24)/b23-10-. The van der Waals surface area contributed by atoms with Crippen molar-refractivity contribution in [1.29, 1.82) is 0 Å². The maximum atomic E-state index is 5.88. The van der Waals surface area contributed by atoms with Gasteiger partial charge >= 0.3 is 0 Å². The van der Waals surface area contributed by atoms with E-state index in [9.17, 15) is 0 Å². The summed E-state index contributed by atoms with van der Waals surface area (Å²) in [6.07, 6.45) is 3.08. The van der Waals surface area contributed by atoms with Crippen molar-refractivity contribution in [2.24, 2.45) is 5.10 Å². The molecule has 0 amide bonds. The van der Waals surface area contributed by atoms with E-state index in [0.717, 1.165) is 16.5 Å². The molecule has 2 heterocycles. The van der Waals surface area contributed by atoms with Gasteiger partial charge in [-0.3, -0.25) is 5.43 Å². The predicted octanol–water partition coefficient (Wildman–Crippen LogP) is 3.85. The first-order valence-corrected chi connectivity index (χ1v) is 8.46. The van der Waals surface area contributed by atoms with Gasteiger partial charge in [0.1, 0.15) is 23.2 Å². The molecule has 4 rings (SSSR count). The van der Waals surface area contributed by atoms with Crippen LogP contribution in [0.5, 0.6) is 17.2 Å². The summed E-state index contributed by atoms with van der Waals surface area (Å²) in [6, 6.07) is 11.2. The SMILES string of the molecule is COc1cc(OC)c(OC)cc1/C=N\Nc1ncnc2c1oc1ccccc12. The number of hydrogen-bond acceptors (Lipinski definition) is 8. The monoisotopic (exact) mass is 378 g/mol. The summed E-state index contributed by atoms with van der Waals surface area (Å²) in [5, 5.41) is 5.19. The summed E-state index contributed by atoms with van der Waals surface area (Å²) in [4.78, 5) is 8.55. The van der Waals surface area contributed by atoms with Crippen LogP contribution < -0.4 is 19.6 Å². The molecule has 0 saturated heterocycles. The molecule has 0 aliphatic rings. The number of nitrogens with zero attached hydrogens (tertiary/aromatic N) is 3. The highest BCUT2D eigenvalue weighted by molar-refractivity contribution is 6.05. The summed E-state index contributed by atoms with van der Waals surface area (Å²) >= 11 is 0. The van der Waals surface area contributed by atoms with Crippen molar-refractivity contribution in [2.75, 3.05) is 26.8 Å². The summed E-state index contributed by atoms with van der Waals surface area (Å²) in [6.45, 7) is 0. The number of ether oxygens (including phenoxy) is 3. The smallest absolute Gasteiger partial charge is 0.197 e. The number of fused-ring (bicyclic) bond motifs is 3. The van der Waals surface area contributed by atoms with E-state index in [2.05, 4.69) is 20.5 Å². The first-order valence-electron chi connectivity index (χ1n) is 8.46. The number of rotatable bonds is 6. The molecule has 0 fully saturated rings. The molecule has 0 aliphatic heterocycles. The average Bonchev–Trinajstić information content (AvgIpc) is 3.13. The lowest BCUT2D eigenvalue weighted by molar-refractivity contribution is 0.349. The number of anilines is 1. The van der Waals surface area contributed by atoms with E-state index in [1.807, 2.05) is 24.3 Å². The zero-order valence-corrected chi connectivity index (χ0v) is 15.6. The first-order chi connectivity index (χ1) is 13.7. The highest BCUT2D eigenvalue weighted by Crippen LogP contribution is 2.34. The van der Waals surface area contributed by atoms with Crippen LogP contribution in [0.15, 0.2) is 52.2 Å². The Kier molecular flexibility index (Phi) is 4.67. The van der Waals surface area contributed by atoms with Crippen molar-refractivity contribution in [1.82, 2.24) is 9.97 Å². The van der Waals surface area contributed by atoms with Crippen LogP contribution in [0.4, 0.5) is 5.82 Å². The molecule has 0 bridgehead atoms. The highest BCUT2D eigenvalue weighted by atomic mass is 16.5. The van der Waals surface area contributed by atoms with Crippen LogP contribution in [0.1, 0.15) is 5.56 Å². The fraction of sp³-hybridized carbons (Fsp3) is 0.150. The summed E-state index contributed by atoms with van der Waals surface area (Å²) in [7, 11) is 4.72. The summed E-state index contributed by atoms with van der Waals surface area (Å²) < 4.78 is 21.9. The maximum Gasteiger partial charge on any atom is 0.197 e. The number of para-hydroxylation sites is 1. The minimum Gasteiger partial charge on any atom is -0.496 e. The highest BCUT2D eigenvalue weighted by Gasteiger charge is 2.13. The number of aromatic nitrogens is 2. The van der Waals surface area contributed by atoms with Gasteiger partial charge in [-0.1, -0.05) is 12.1 Å². The number of nitrogens with one attached hydrogen (secondary N) is 1. The van der Waals surface area contributed by atoms with E-state index < -0.39 is 0 Å². The largest absolute Gasteiger partial charge is 0.496 e. The minimum absolute atomic E-state index is 0.469. The third kappa shape index (κ3) is 3.05. The fourth-order valence-corrected chi connectivity index (χ4v) is 2.92. The lowest BCUT2D eigenvalue weighted by atomic mass is 10.2. The second kappa shape index (κ2) is 7.43. The molecule has 2 aromatic carbocycles. The normalized spacial score (nSPS) is 11.2. The van der Waals surface area contributed by atoms with Crippen LogP contribution in [0.25, 0.3) is 22.1 Å². The third-order valence-corrected chi connectivity index (χ3v) is 4.27. The first kappa shape index (κ1) is 17.6. The van der Waals surface area contributed by atoms with E-state index in [4.69, 9.17) is 18.6 Å². The van der Waals surface area contributed by atoms with Crippen molar-refractivity contribution in [2.45, 2.75) is 0 Å². The molecule has 1 N–H and O–H groups in total. The Balaban J connectivity index is 1.67. The van der Waals surface area contributed by atoms with E-state index >= 15 is 0 Å². The Hall–Kier alpha value is -3.81. The molecule has 0 unspecified atom stereocenters. The van der Waals surface area contributed by atoms with Gasteiger partial charge in [0.25, 0.3) is 0 Å². The van der Waals surface area contributed by atoms with Crippen LogP contribution in [0.3, 0.4) is 0 Å². The lowest BCUT2D eigenvalue weighted by Crippen LogP contribution is -1.98. The molecular weight excluding hydrogens is 360 g/mol. The van der Waals surface area contributed by atoms with Crippen LogP contribution in [-0.2, 0) is 0 Å². The molecule has 0 saturated carbocycles. The van der Waals surface area contributed by atoms with Crippen LogP contribution in [-0.4, -0.2) is 37.5 Å². The molecule has 0 radical (unpaired) electrons. The number of benzene rings is 2. The Morgan fingerprint density at radius 3 is 2.50 bits per heavy atom. The average molecular weight is 378 g/mol. The van der Waals surface area contributed by atoms with E-state index in [0.29, 0.717) is 34.2 Å². The van der Waals surface area contributed by atoms with Gasteiger partial charge in [0.2, 0.25) is 0 Å². The second-order valence-corrected chi connectivity index (χ2v) is 5.82. The van der Waals surface area contributed by atoms with Crippen molar-refractivity contribution < 1.29 is 18.6 Å². The molecule has 8 nitrogen and oxygen atoms in total. The van der Waals surface area contributed by atoms with Crippen molar-refractivity contribution in [3.05, 3.63) is 48.3 Å². The molecule has 0 aliphatic carbocycles. The minimum atomic E-state index is 0.469. The topological polar surface area (TPSA) is 91.0 Å². The van der Waals surface area contributed by atoms with Crippen molar-refractivity contribution in [3.8, 4) is 17.2 Å². The zero-order chi connectivity index (χ0) is 19.5. The summed E-state index contributed by atoms with van der Waals surface area (Å²) in [5.41, 5.74) is 5.63. The number of hydrogen-bond donors (Lipinski definition) is 1. The van der Waals surface area contributed by atoms with Gasteiger partial charge in [-0.2, -0.15) is 5.10 Å². The summed E-state index contributed by atoms with van der Waals surface area (Å²) in [5.74, 6) is 2.22. The quantitative estimate of drug-likeness (QED) is 0.402. The maximum absolute atomic E-state index is 5.88. The molecule has 0 atom stereocenters. The Morgan fingerprint density at radius 1 is 0.964 bits per heavy atom. The molecule has 2 aromatic heterocycles. The number of methoxy groups -OCH3 is 3. The van der Waals surface area contributed by atoms with E-state index in [1.165, 1.54) is 6.33 Å². The molecular formula is C20H18N4O4. The fourth-order valence-electron chi connectivity index (χ4n) is 2.92. The van der Waals surface area contributed by atoms with Gasteiger partial charge in [0, 0.05) is 17.0 Å². The van der Waals surface area contributed by atoms with E-state index in [-0.39, 0.29) is 0 Å². The van der Waals surface area contributed by atoms with Crippen LogP contribution in [0.2, 0.25) is 0 Å². The Bertz CT molecular complexity index is 1170. The lowest BCUT2D eigenvalue weighted by Gasteiger charge is -2.11. The van der Waals surface area contributed by atoms with Gasteiger partial charge in [-0.25, -0.2) is 9.97 Å².